The van der Waals surface area contributed by atoms with Crippen LogP contribution < -0.4 is 10.1 Å². The third kappa shape index (κ3) is 5.41. The van der Waals surface area contributed by atoms with Crippen molar-refractivity contribution in [3.8, 4) is 5.75 Å². The minimum Gasteiger partial charge on any atom is -0.481 e. The monoisotopic (exact) mass is 317 g/mol. The number of benzene rings is 2. The van der Waals surface area contributed by atoms with Crippen LogP contribution in [-0.4, -0.2) is 18.6 Å². The molecule has 0 aliphatic heterocycles. The molecule has 3 nitrogen and oxygen atoms in total. The molecule has 4 heteroatoms. The molecular weight excluding hydrogens is 298 g/mol. The molecule has 0 spiro atoms. The predicted octanol–water partition coefficient (Wildman–Crippen LogP) is 3.86. The van der Waals surface area contributed by atoms with Crippen molar-refractivity contribution in [2.45, 2.75) is 25.9 Å². The fourth-order valence-corrected chi connectivity index (χ4v) is 2.27. The van der Waals surface area contributed by atoms with Crippen molar-refractivity contribution in [2.24, 2.45) is 0 Å². The molecule has 0 aliphatic carbocycles. The zero-order valence-electron chi connectivity index (χ0n) is 12.6. The van der Waals surface area contributed by atoms with Gasteiger partial charge in [-0.2, -0.15) is 0 Å². The molecule has 1 amide bonds. The van der Waals surface area contributed by atoms with Gasteiger partial charge in [0.1, 0.15) is 5.75 Å². The number of aryl methyl sites for hydroxylation is 1. The van der Waals surface area contributed by atoms with E-state index in [-0.39, 0.29) is 5.91 Å². The Morgan fingerprint density at radius 3 is 2.68 bits per heavy atom. The SMILES string of the molecule is C[C@H](Oc1cccc(Cl)c1)C(=O)NCCCc1ccccc1. The van der Waals surface area contributed by atoms with E-state index >= 15 is 0 Å². The van der Waals surface area contributed by atoms with E-state index in [1.807, 2.05) is 18.2 Å². The number of nitrogens with one attached hydrogen (secondary N) is 1. The van der Waals surface area contributed by atoms with Gasteiger partial charge in [-0.25, -0.2) is 0 Å². The van der Waals surface area contributed by atoms with E-state index in [4.69, 9.17) is 16.3 Å². The van der Waals surface area contributed by atoms with Crippen LogP contribution in [0.25, 0.3) is 0 Å². The summed E-state index contributed by atoms with van der Waals surface area (Å²) in [7, 11) is 0. The second kappa shape index (κ2) is 8.44. The first-order valence-electron chi connectivity index (χ1n) is 7.39. The minimum absolute atomic E-state index is 0.118. The highest BCUT2D eigenvalue weighted by molar-refractivity contribution is 6.30. The Morgan fingerprint density at radius 2 is 1.95 bits per heavy atom. The lowest BCUT2D eigenvalue weighted by atomic mass is 10.1. The molecule has 1 atom stereocenters. The van der Waals surface area contributed by atoms with Gasteiger partial charge in [0.25, 0.3) is 5.91 Å². The Hall–Kier alpha value is -2.00. The van der Waals surface area contributed by atoms with E-state index in [0.29, 0.717) is 17.3 Å². The summed E-state index contributed by atoms with van der Waals surface area (Å²) in [6.45, 7) is 2.37. The molecule has 0 fully saturated rings. The highest BCUT2D eigenvalue weighted by atomic mass is 35.5. The van der Waals surface area contributed by atoms with Gasteiger partial charge in [0.15, 0.2) is 6.10 Å². The van der Waals surface area contributed by atoms with E-state index in [1.54, 1.807) is 31.2 Å². The maximum absolute atomic E-state index is 12.0. The molecule has 0 aromatic heterocycles. The number of ether oxygens (including phenoxy) is 1. The summed E-state index contributed by atoms with van der Waals surface area (Å²) < 4.78 is 5.58. The fraction of sp³-hybridized carbons (Fsp3) is 0.278. The van der Waals surface area contributed by atoms with Crippen molar-refractivity contribution in [3.63, 3.8) is 0 Å². The molecule has 0 radical (unpaired) electrons. The number of carbonyl (C=O) groups excluding carboxylic acids is 1. The van der Waals surface area contributed by atoms with Crippen molar-refractivity contribution in [2.75, 3.05) is 6.54 Å². The van der Waals surface area contributed by atoms with E-state index in [1.165, 1.54) is 5.56 Å². The van der Waals surface area contributed by atoms with Gasteiger partial charge in [0.05, 0.1) is 0 Å². The standard InChI is InChI=1S/C18H20ClNO2/c1-14(22-17-11-5-10-16(19)13-17)18(21)20-12-6-9-15-7-3-2-4-8-15/h2-5,7-8,10-11,13-14H,6,9,12H2,1H3,(H,20,21)/t14-/m0/s1. The van der Waals surface area contributed by atoms with Crippen molar-refractivity contribution >= 4 is 17.5 Å². The van der Waals surface area contributed by atoms with Gasteiger partial charge in [-0.1, -0.05) is 48.0 Å². The van der Waals surface area contributed by atoms with Crippen LogP contribution in [0.3, 0.4) is 0 Å². The maximum atomic E-state index is 12.0. The number of rotatable bonds is 7. The molecule has 116 valence electrons. The highest BCUT2D eigenvalue weighted by Gasteiger charge is 2.13. The average molecular weight is 318 g/mol. The van der Waals surface area contributed by atoms with E-state index in [9.17, 15) is 4.79 Å². The minimum atomic E-state index is -0.546. The van der Waals surface area contributed by atoms with Gasteiger partial charge in [-0.05, 0) is 43.5 Å². The van der Waals surface area contributed by atoms with E-state index in [2.05, 4.69) is 17.4 Å². The van der Waals surface area contributed by atoms with Gasteiger partial charge < -0.3 is 10.1 Å². The van der Waals surface area contributed by atoms with Gasteiger partial charge >= 0.3 is 0 Å². The lowest BCUT2D eigenvalue weighted by molar-refractivity contribution is -0.127. The smallest absolute Gasteiger partial charge is 0.260 e. The fourth-order valence-electron chi connectivity index (χ4n) is 2.09. The first-order chi connectivity index (χ1) is 10.6. The normalized spacial score (nSPS) is 11.7. The first-order valence-corrected chi connectivity index (χ1v) is 7.77. The lowest BCUT2D eigenvalue weighted by Gasteiger charge is -2.14. The van der Waals surface area contributed by atoms with Gasteiger partial charge in [-0.15, -0.1) is 0 Å². The molecular formula is C18H20ClNO2. The third-order valence-corrected chi connectivity index (χ3v) is 3.50. The Bertz CT molecular complexity index is 601. The molecule has 0 bridgehead atoms. The Kier molecular flexibility index (Phi) is 6.28. The van der Waals surface area contributed by atoms with Crippen LogP contribution in [0.4, 0.5) is 0 Å². The number of hydrogen-bond acceptors (Lipinski definition) is 2. The van der Waals surface area contributed by atoms with Crippen LogP contribution in [0.2, 0.25) is 5.02 Å². The number of amides is 1. The Morgan fingerprint density at radius 1 is 1.18 bits per heavy atom. The third-order valence-electron chi connectivity index (χ3n) is 3.26. The van der Waals surface area contributed by atoms with Crippen LogP contribution in [0.1, 0.15) is 18.9 Å². The van der Waals surface area contributed by atoms with Crippen LogP contribution >= 0.6 is 11.6 Å². The van der Waals surface area contributed by atoms with Crippen LogP contribution in [0, 0.1) is 0 Å². The van der Waals surface area contributed by atoms with Crippen LogP contribution in [-0.2, 0) is 11.2 Å². The van der Waals surface area contributed by atoms with Crippen molar-refractivity contribution in [1.29, 1.82) is 0 Å². The Balaban J connectivity index is 1.70. The van der Waals surface area contributed by atoms with Crippen molar-refractivity contribution < 1.29 is 9.53 Å². The topological polar surface area (TPSA) is 38.3 Å². The van der Waals surface area contributed by atoms with Gasteiger partial charge in [-0.3, -0.25) is 4.79 Å². The summed E-state index contributed by atoms with van der Waals surface area (Å²) in [5.74, 6) is 0.479. The summed E-state index contributed by atoms with van der Waals surface area (Å²) in [6, 6.07) is 17.3. The summed E-state index contributed by atoms with van der Waals surface area (Å²) >= 11 is 5.89. The largest absolute Gasteiger partial charge is 0.481 e. The first kappa shape index (κ1) is 16.4. The predicted molar refractivity (Wildman–Crippen MR) is 89.3 cm³/mol. The van der Waals surface area contributed by atoms with E-state index < -0.39 is 6.10 Å². The molecule has 22 heavy (non-hydrogen) atoms. The number of hydrogen-bond donors (Lipinski definition) is 1. The van der Waals surface area contributed by atoms with Crippen molar-refractivity contribution in [1.82, 2.24) is 5.32 Å². The molecule has 0 heterocycles. The van der Waals surface area contributed by atoms with E-state index in [0.717, 1.165) is 12.8 Å². The zero-order valence-corrected chi connectivity index (χ0v) is 13.3. The molecule has 0 aliphatic rings. The average Bonchev–Trinajstić information content (AvgIpc) is 2.52. The van der Waals surface area contributed by atoms with Crippen molar-refractivity contribution in [3.05, 3.63) is 65.2 Å². The quantitative estimate of drug-likeness (QED) is 0.788. The molecule has 0 saturated carbocycles. The molecule has 2 aromatic carbocycles. The molecule has 1 N–H and O–H groups in total. The second-order valence-corrected chi connectivity index (χ2v) is 5.53. The summed E-state index contributed by atoms with van der Waals surface area (Å²) in [4.78, 5) is 12.0. The second-order valence-electron chi connectivity index (χ2n) is 5.10. The molecule has 0 unspecified atom stereocenters. The molecule has 0 saturated heterocycles. The Labute approximate surface area is 136 Å². The summed E-state index contributed by atoms with van der Waals surface area (Å²) in [5.41, 5.74) is 1.28. The summed E-state index contributed by atoms with van der Waals surface area (Å²) in [5, 5.41) is 3.48. The number of carbonyl (C=O) groups is 1. The van der Waals surface area contributed by atoms with Crippen LogP contribution in [0.15, 0.2) is 54.6 Å². The number of halogens is 1. The van der Waals surface area contributed by atoms with Gasteiger partial charge in [0.2, 0.25) is 0 Å². The van der Waals surface area contributed by atoms with Crippen LogP contribution in [0.5, 0.6) is 5.75 Å². The van der Waals surface area contributed by atoms with Gasteiger partial charge in [0, 0.05) is 11.6 Å². The zero-order chi connectivity index (χ0) is 15.8. The summed E-state index contributed by atoms with van der Waals surface area (Å²) in [6.07, 6.45) is 1.31. The lowest BCUT2D eigenvalue weighted by Crippen LogP contribution is -2.36. The highest BCUT2D eigenvalue weighted by Crippen LogP contribution is 2.18. The molecule has 2 aromatic rings. The molecule has 2 rings (SSSR count). The maximum Gasteiger partial charge on any atom is 0.260 e.